The van der Waals surface area contributed by atoms with Crippen LogP contribution in [0, 0.1) is 0 Å². The summed E-state index contributed by atoms with van der Waals surface area (Å²) < 4.78 is 5.16. The third kappa shape index (κ3) is 2.05. The molecule has 2 nitrogen and oxygen atoms in total. The lowest BCUT2D eigenvalue weighted by Crippen LogP contribution is -1.85. The minimum atomic E-state index is 0.827. The minimum absolute atomic E-state index is 0.827. The monoisotopic (exact) mass is 235 g/mol. The first-order chi connectivity index (χ1) is 8.88. The fraction of sp³-hybridized carbons (Fsp3) is 0.0625. The van der Waals surface area contributed by atoms with E-state index in [1.54, 1.807) is 13.3 Å². The highest BCUT2D eigenvalue weighted by molar-refractivity contribution is 5.84. The Balaban J connectivity index is 0.000000137. The van der Waals surface area contributed by atoms with E-state index in [1.165, 1.54) is 11.1 Å². The normalized spacial score (nSPS) is 10.5. The van der Waals surface area contributed by atoms with Gasteiger partial charge in [0.25, 0.3) is 0 Å². The Labute approximate surface area is 106 Å². The zero-order valence-corrected chi connectivity index (χ0v) is 10.1. The van der Waals surface area contributed by atoms with Gasteiger partial charge < -0.3 is 4.74 Å². The van der Waals surface area contributed by atoms with Crippen molar-refractivity contribution in [3.05, 3.63) is 60.8 Å². The third-order valence-electron chi connectivity index (χ3n) is 2.93. The molecule has 0 fully saturated rings. The standard InChI is InChI=1S/C10H9NO.C6H4/c1-12-9-6-2-4-8-5-3-7-11-10(8)9;1-2-5-4-6(5)3-1/h2-7H,1H3;1-4H. The van der Waals surface area contributed by atoms with E-state index in [-0.39, 0.29) is 0 Å². The van der Waals surface area contributed by atoms with Crippen LogP contribution in [-0.2, 0) is 0 Å². The zero-order valence-electron chi connectivity index (χ0n) is 10.1. The molecule has 88 valence electrons. The van der Waals surface area contributed by atoms with Crippen molar-refractivity contribution in [2.45, 2.75) is 0 Å². The van der Waals surface area contributed by atoms with E-state index < -0.39 is 0 Å². The van der Waals surface area contributed by atoms with E-state index in [2.05, 4.69) is 29.2 Å². The SMILES string of the molecule is COc1cccc2cccnc12.c1cc2cc-2c1. The average Bonchev–Trinajstić information content (AvgIpc) is 3.05. The predicted molar refractivity (Wildman–Crippen MR) is 73.7 cm³/mol. The van der Waals surface area contributed by atoms with Crippen molar-refractivity contribution in [3.63, 3.8) is 0 Å². The van der Waals surface area contributed by atoms with Crippen molar-refractivity contribution >= 4 is 10.9 Å². The van der Waals surface area contributed by atoms with Crippen LogP contribution >= 0.6 is 0 Å². The van der Waals surface area contributed by atoms with Crippen LogP contribution in [0.2, 0.25) is 0 Å². The second-order valence-corrected chi connectivity index (χ2v) is 4.12. The fourth-order valence-electron chi connectivity index (χ4n) is 1.92. The molecular weight excluding hydrogens is 222 g/mol. The van der Waals surface area contributed by atoms with Crippen LogP contribution in [0.4, 0.5) is 0 Å². The number of rotatable bonds is 1. The number of fused-ring (bicyclic) bond motifs is 2. The molecule has 1 aromatic heterocycles. The highest BCUT2D eigenvalue weighted by Crippen LogP contribution is 2.32. The third-order valence-corrected chi connectivity index (χ3v) is 2.93. The second-order valence-electron chi connectivity index (χ2n) is 4.12. The lowest BCUT2D eigenvalue weighted by Gasteiger charge is -2.02. The topological polar surface area (TPSA) is 22.1 Å². The number of ether oxygens (including phenoxy) is 1. The molecule has 0 saturated carbocycles. The van der Waals surface area contributed by atoms with Crippen LogP contribution in [-0.4, -0.2) is 12.1 Å². The van der Waals surface area contributed by atoms with Crippen LogP contribution in [0.15, 0.2) is 60.8 Å². The lowest BCUT2D eigenvalue weighted by molar-refractivity contribution is 0.419. The number of methoxy groups -OCH3 is 1. The summed E-state index contributed by atoms with van der Waals surface area (Å²) in [5.41, 5.74) is 3.77. The Hall–Kier alpha value is -2.35. The molecule has 0 amide bonds. The van der Waals surface area contributed by atoms with Gasteiger partial charge in [-0.15, -0.1) is 0 Å². The Morgan fingerprint density at radius 3 is 2.22 bits per heavy atom. The van der Waals surface area contributed by atoms with Gasteiger partial charge in [0.1, 0.15) is 11.3 Å². The smallest absolute Gasteiger partial charge is 0.145 e. The van der Waals surface area contributed by atoms with E-state index in [4.69, 9.17) is 4.74 Å². The van der Waals surface area contributed by atoms with Crippen molar-refractivity contribution in [3.8, 4) is 16.9 Å². The lowest BCUT2D eigenvalue weighted by atomic mass is 10.2. The summed E-state index contributed by atoms with van der Waals surface area (Å²) in [5.74, 6) is 0.827. The number of hydrogen-bond donors (Lipinski definition) is 0. The first kappa shape index (κ1) is 10.8. The fourth-order valence-corrected chi connectivity index (χ4v) is 1.92. The zero-order chi connectivity index (χ0) is 12.4. The summed E-state index contributed by atoms with van der Waals surface area (Å²) in [6.45, 7) is 0. The highest BCUT2D eigenvalue weighted by Gasteiger charge is 2.07. The maximum absolute atomic E-state index is 5.16. The van der Waals surface area contributed by atoms with Crippen LogP contribution in [0.5, 0.6) is 5.75 Å². The quantitative estimate of drug-likeness (QED) is 0.499. The largest absolute Gasteiger partial charge is 0.494 e. The summed E-state index contributed by atoms with van der Waals surface area (Å²) in [7, 11) is 1.66. The molecule has 0 radical (unpaired) electrons. The van der Waals surface area contributed by atoms with Crippen molar-refractivity contribution in [1.29, 1.82) is 0 Å². The van der Waals surface area contributed by atoms with Gasteiger partial charge in [-0.05, 0) is 29.3 Å². The molecule has 0 atom stereocenters. The maximum atomic E-state index is 5.16. The summed E-state index contributed by atoms with van der Waals surface area (Å²) in [4.78, 5) is 4.23. The van der Waals surface area contributed by atoms with Crippen molar-refractivity contribution < 1.29 is 4.74 Å². The highest BCUT2D eigenvalue weighted by atomic mass is 16.5. The van der Waals surface area contributed by atoms with Gasteiger partial charge in [0, 0.05) is 11.6 Å². The molecule has 1 heterocycles. The van der Waals surface area contributed by atoms with Gasteiger partial charge in [-0.1, -0.05) is 36.4 Å². The van der Waals surface area contributed by atoms with Crippen LogP contribution < -0.4 is 4.74 Å². The first-order valence-electron chi connectivity index (χ1n) is 5.86. The van der Waals surface area contributed by atoms with Crippen molar-refractivity contribution in [1.82, 2.24) is 4.98 Å². The van der Waals surface area contributed by atoms with Gasteiger partial charge in [-0.2, -0.15) is 0 Å². The number of hydrogen-bond acceptors (Lipinski definition) is 2. The molecule has 0 N–H and O–H groups in total. The van der Waals surface area contributed by atoms with Crippen molar-refractivity contribution in [2.75, 3.05) is 7.11 Å². The molecule has 2 aliphatic carbocycles. The first-order valence-corrected chi connectivity index (χ1v) is 5.86. The summed E-state index contributed by atoms with van der Waals surface area (Å²) >= 11 is 0. The number of benzene rings is 2. The number of nitrogens with zero attached hydrogens (tertiary/aromatic N) is 1. The van der Waals surface area contributed by atoms with Crippen molar-refractivity contribution in [2.24, 2.45) is 0 Å². The van der Waals surface area contributed by atoms with Gasteiger partial charge in [0.05, 0.1) is 7.11 Å². The predicted octanol–water partition coefficient (Wildman–Crippen LogP) is 3.91. The maximum Gasteiger partial charge on any atom is 0.145 e. The summed E-state index contributed by atoms with van der Waals surface area (Å²) in [5, 5.41) is 1.11. The molecule has 4 rings (SSSR count). The van der Waals surface area contributed by atoms with Crippen LogP contribution in [0.25, 0.3) is 22.0 Å². The molecule has 0 saturated heterocycles. The molecule has 0 unspecified atom stereocenters. The van der Waals surface area contributed by atoms with Gasteiger partial charge in [-0.25, -0.2) is 0 Å². The average molecular weight is 235 g/mol. The number of aromatic nitrogens is 1. The molecule has 18 heavy (non-hydrogen) atoms. The van der Waals surface area contributed by atoms with Gasteiger partial charge in [0.15, 0.2) is 0 Å². The van der Waals surface area contributed by atoms with E-state index in [1.807, 2.05) is 30.3 Å². The van der Waals surface area contributed by atoms with E-state index >= 15 is 0 Å². The van der Waals surface area contributed by atoms with Gasteiger partial charge >= 0.3 is 0 Å². The van der Waals surface area contributed by atoms with Gasteiger partial charge in [-0.3, -0.25) is 4.98 Å². The molecule has 0 bridgehead atoms. The molecule has 0 spiro atoms. The van der Waals surface area contributed by atoms with Gasteiger partial charge in [0.2, 0.25) is 0 Å². The minimum Gasteiger partial charge on any atom is -0.494 e. The Morgan fingerprint density at radius 1 is 0.889 bits per heavy atom. The summed E-state index contributed by atoms with van der Waals surface area (Å²) in [6.07, 6.45) is 1.77. The second kappa shape index (κ2) is 4.49. The van der Waals surface area contributed by atoms with Crippen LogP contribution in [0.1, 0.15) is 0 Å². The molecule has 2 aliphatic rings. The number of pyridine rings is 1. The Kier molecular flexibility index (Phi) is 2.69. The molecular formula is C16H13NO. The number of para-hydroxylation sites is 1. The molecule has 0 aliphatic heterocycles. The Bertz CT molecular complexity index is 669. The molecule has 2 heteroatoms. The molecule has 2 aromatic rings. The Morgan fingerprint density at radius 2 is 1.61 bits per heavy atom. The molecule has 1 aromatic carbocycles. The van der Waals surface area contributed by atoms with E-state index in [9.17, 15) is 0 Å². The van der Waals surface area contributed by atoms with Crippen LogP contribution in [0.3, 0.4) is 0 Å². The van der Waals surface area contributed by atoms with E-state index in [0.717, 1.165) is 16.7 Å². The van der Waals surface area contributed by atoms with E-state index in [0.29, 0.717) is 0 Å². The summed E-state index contributed by atoms with van der Waals surface area (Å²) in [6, 6.07) is 18.3.